The van der Waals surface area contributed by atoms with Crippen molar-refractivity contribution in [1.82, 2.24) is 19.2 Å². The van der Waals surface area contributed by atoms with Crippen LogP contribution in [0.4, 0.5) is 0 Å². The van der Waals surface area contributed by atoms with Gasteiger partial charge in [-0.15, -0.1) is 0 Å². The van der Waals surface area contributed by atoms with E-state index in [0.29, 0.717) is 13.1 Å². The zero-order chi connectivity index (χ0) is 29.7. The molecule has 0 radical (unpaired) electrons. The molecule has 0 bridgehead atoms. The second-order valence-electron chi connectivity index (χ2n) is 10.8. The van der Waals surface area contributed by atoms with Crippen LogP contribution in [0.25, 0.3) is 11.1 Å². The highest BCUT2D eigenvalue weighted by Crippen LogP contribution is 2.36. The van der Waals surface area contributed by atoms with Crippen molar-refractivity contribution < 1.29 is 23.0 Å². The molecule has 1 N–H and O–H groups in total. The lowest BCUT2D eigenvalue weighted by molar-refractivity contribution is 0.0734. The third-order valence-electron chi connectivity index (χ3n) is 7.41. The Bertz CT molecular complexity index is 1570. The number of aliphatic hydroxyl groups is 1. The first kappa shape index (κ1) is 29.7. The molecule has 3 atom stereocenters. The molecule has 0 saturated heterocycles. The van der Waals surface area contributed by atoms with Crippen LogP contribution >= 0.6 is 0 Å². The number of aliphatic hydroxyl groups excluding tert-OH is 1. The number of rotatable bonds is 9. The van der Waals surface area contributed by atoms with Crippen molar-refractivity contribution in [3.05, 3.63) is 97.1 Å². The van der Waals surface area contributed by atoms with Crippen LogP contribution in [-0.4, -0.2) is 71.6 Å². The number of aromatic nitrogens is 2. The molecule has 10 heteroatoms. The van der Waals surface area contributed by atoms with E-state index in [2.05, 4.69) is 14.9 Å². The van der Waals surface area contributed by atoms with Gasteiger partial charge in [-0.1, -0.05) is 43.3 Å². The SMILES string of the molecule is C[C@@H]1CN([C@@H](C)CO)S(=O)(=O)c2ccc(-c3cncnc3)cc2O[C@@H]1CN(C)Cc1ccc(Oc2ccccc2)cc1. The number of hydrogen-bond donors (Lipinski definition) is 1. The van der Waals surface area contributed by atoms with Gasteiger partial charge in [0.25, 0.3) is 0 Å². The number of benzene rings is 3. The van der Waals surface area contributed by atoms with Gasteiger partial charge in [0.1, 0.15) is 34.6 Å². The lowest BCUT2D eigenvalue weighted by Crippen LogP contribution is -2.49. The summed E-state index contributed by atoms with van der Waals surface area (Å²) in [4.78, 5) is 10.4. The fourth-order valence-corrected chi connectivity index (χ4v) is 6.87. The van der Waals surface area contributed by atoms with E-state index in [0.717, 1.165) is 28.2 Å². The van der Waals surface area contributed by atoms with Crippen LogP contribution < -0.4 is 9.47 Å². The van der Waals surface area contributed by atoms with Crippen molar-refractivity contribution in [3.63, 3.8) is 0 Å². The Hall–Kier alpha value is -3.83. The monoisotopic (exact) mass is 588 g/mol. The Kier molecular flexibility index (Phi) is 9.18. The Morgan fingerprint density at radius 3 is 2.40 bits per heavy atom. The second kappa shape index (κ2) is 13.0. The summed E-state index contributed by atoms with van der Waals surface area (Å²) in [5.74, 6) is 1.67. The van der Waals surface area contributed by atoms with E-state index in [1.807, 2.05) is 68.6 Å². The zero-order valence-electron chi connectivity index (χ0n) is 24.0. The lowest BCUT2D eigenvalue weighted by atomic mass is 10.0. The van der Waals surface area contributed by atoms with Crippen molar-refractivity contribution in [1.29, 1.82) is 0 Å². The predicted octanol–water partition coefficient (Wildman–Crippen LogP) is 4.84. The lowest BCUT2D eigenvalue weighted by Gasteiger charge is -2.37. The number of nitrogens with zero attached hydrogens (tertiary/aromatic N) is 4. The fourth-order valence-electron chi connectivity index (χ4n) is 5.04. The normalized spacial score (nSPS) is 19.3. The molecule has 1 aliphatic rings. The minimum Gasteiger partial charge on any atom is -0.487 e. The number of sulfonamides is 1. The smallest absolute Gasteiger partial charge is 0.247 e. The molecule has 9 nitrogen and oxygen atoms in total. The molecule has 0 spiro atoms. The highest BCUT2D eigenvalue weighted by atomic mass is 32.2. The molecule has 3 aromatic carbocycles. The number of para-hydroxylation sites is 1. The second-order valence-corrected chi connectivity index (χ2v) is 12.6. The Labute approximate surface area is 247 Å². The summed E-state index contributed by atoms with van der Waals surface area (Å²) in [6, 6.07) is 22.1. The van der Waals surface area contributed by atoms with Gasteiger partial charge in [0.15, 0.2) is 0 Å². The standard InChI is InChI=1S/C32H36N4O5S/c1-23-18-36(24(2)21-37)42(38,39)32-14-11-26(27-16-33-22-34-17-27)15-30(32)41-31(23)20-35(3)19-25-9-12-29(13-10-25)40-28-7-5-4-6-8-28/h4-17,22-24,31,37H,18-21H2,1-3H3/t23-,24+,31-/m1/s1. The molecule has 0 saturated carbocycles. The van der Waals surface area contributed by atoms with Crippen molar-refractivity contribution in [2.45, 2.75) is 37.4 Å². The van der Waals surface area contributed by atoms with Crippen molar-refractivity contribution in [2.75, 3.05) is 26.7 Å². The zero-order valence-corrected chi connectivity index (χ0v) is 24.8. The van der Waals surface area contributed by atoms with Gasteiger partial charge in [0, 0.05) is 49.6 Å². The third-order valence-corrected chi connectivity index (χ3v) is 9.43. The molecule has 0 fully saturated rings. The number of likely N-dealkylation sites (N-methyl/N-ethyl adjacent to an activating group) is 1. The average molecular weight is 589 g/mol. The minimum absolute atomic E-state index is 0.0805. The fraction of sp³-hybridized carbons (Fsp3) is 0.312. The molecule has 1 aliphatic heterocycles. The topological polar surface area (TPSA) is 105 Å². The number of fused-ring (bicyclic) bond motifs is 1. The predicted molar refractivity (Wildman–Crippen MR) is 161 cm³/mol. The first-order valence-corrected chi connectivity index (χ1v) is 15.4. The summed E-state index contributed by atoms with van der Waals surface area (Å²) in [5.41, 5.74) is 2.62. The highest BCUT2D eigenvalue weighted by molar-refractivity contribution is 7.89. The average Bonchev–Trinajstić information content (AvgIpc) is 3.00. The maximum absolute atomic E-state index is 13.8. The Morgan fingerprint density at radius 1 is 1.02 bits per heavy atom. The van der Waals surface area contributed by atoms with Crippen molar-refractivity contribution >= 4 is 10.0 Å². The van der Waals surface area contributed by atoms with E-state index in [4.69, 9.17) is 9.47 Å². The minimum atomic E-state index is -3.92. The molecular weight excluding hydrogens is 552 g/mol. The number of hydrogen-bond acceptors (Lipinski definition) is 8. The number of ether oxygens (including phenoxy) is 2. The molecule has 0 unspecified atom stereocenters. The van der Waals surface area contributed by atoms with Crippen LogP contribution in [0.3, 0.4) is 0 Å². The molecule has 2 heterocycles. The Morgan fingerprint density at radius 2 is 1.71 bits per heavy atom. The highest BCUT2D eigenvalue weighted by Gasteiger charge is 2.38. The van der Waals surface area contributed by atoms with Gasteiger partial charge in [0.05, 0.1) is 6.61 Å². The van der Waals surface area contributed by atoms with E-state index in [1.54, 1.807) is 37.5 Å². The van der Waals surface area contributed by atoms with Crippen LogP contribution in [0.2, 0.25) is 0 Å². The van der Waals surface area contributed by atoms with E-state index in [1.165, 1.54) is 10.6 Å². The third kappa shape index (κ3) is 6.79. The maximum atomic E-state index is 13.8. The molecule has 220 valence electrons. The van der Waals surface area contributed by atoms with Gasteiger partial charge in [-0.05, 0) is 61.5 Å². The van der Waals surface area contributed by atoms with E-state index >= 15 is 0 Å². The quantitative estimate of drug-likeness (QED) is 0.296. The van der Waals surface area contributed by atoms with Gasteiger partial charge < -0.3 is 14.6 Å². The summed E-state index contributed by atoms with van der Waals surface area (Å²) in [5, 5.41) is 9.92. The van der Waals surface area contributed by atoms with Gasteiger partial charge >= 0.3 is 0 Å². The van der Waals surface area contributed by atoms with Crippen LogP contribution in [0.1, 0.15) is 19.4 Å². The summed E-state index contributed by atoms with van der Waals surface area (Å²) < 4.78 is 41.4. The first-order valence-electron chi connectivity index (χ1n) is 13.9. The van der Waals surface area contributed by atoms with Gasteiger partial charge in [-0.25, -0.2) is 18.4 Å². The van der Waals surface area contributed by atoms with E-state index in [9.17, 15) is 13.5 Å². The molecule has 5 rings (SSSR count). The van der Waals surface area contributed by atoms with Crippen LogP contribution in [0.15, 0.2) is 96.4 Å². The summed E-state index contributed by atoms with van der Waals surface area (Å²) in [6.45, 7) is 4.87. The first-order chi connectivity index (χ1) is 20.2. The van der Waals surface area contributed by atoms with Gasteiger partial charge in [0.2, 0.25) is 10.0 Å². The summed E-state index contributed by atoms with van der Waals surface area (Å²) in [6.07, 6.45) is 4.48. The summed E-state index contributed by atoms with van der Waals surface area (Å²) >= 11 is 0. The van der Waals surface area contributed by atoms with Crippen LogP contribution in [0.5, 0.6) is 17.2 Å². The molecule has 42 heavy (non-hydrogen) atoms. The van der Waals surface area contributed by atoms with Crippen LogP contribution in [-0.2, 0) is 16.6 Å². The maximum Gasteiger partial charge on any atom is 0.247 e. The molecule has 1 aromatic heterocycles. The van der Waals surface area contributed by atoms with Gasteiger partial charge in [-0.2, -0.15) is 4.31 Å². The molecular formula is C32H36N4O5S. The van der Waals surface area contributed by atoms with Crippen molar-refractivity contribution in [2.24, 2.45) is 5.92 Å². The van der Waals surface area contributed by atoms with Crippen molar-refractivity contribution in [3.8, 4) is 28.4 Å². The van der Waals surface area contributed by atoms with Crippen LogP contribution in [0, 0.1) is 5.92 Å². The Balaban J connectivity index is 1.38. The van der Waals surface area contributed by atoms with Gasteiger partial charge in [-0.3, -0.25) is 4.90 Å². The molecule has 0 amide bonds. The van der Waals surface area contributed by atoms with E-state index < -0.39 is 16.1 Å². The largest absolute Gasteiger partial charge is 0.487 e. The summed E-state index contributed by atoms with van der Waals surface area (Å²) in [7, 11) is -1.90. The molecule has 0 aliphatic carbocycles. The van der Waals surface area contributed by atoms with E-state index in [-0.39, 0.29) is 35.8 Å². The molecule has 4 aromatic rings.